The Morgan fingerprint density at radius 3 is 2.00 bits per heavy atom. The predicted octanol–water partition coefficient (Wildman–Crippen LogP) is 4.76. The first-order chi connectivity index (χ1) is 19.3. The lowest BCUT2D eigenvalue weighted by atomic mass is 9.96. The molecule has 3 atom stereocenters. The third kappa shape index (κ3) is 12.0. The summed E-state index contributed by atoms with van der Waals surface area (Å²) in [6.07, 6.45) is 0.503. The second-order valence-corrected chi connectivity index (χ2v) is 11.7. The molecule has 2 unspecified atom stereocenters. The lowest BCUT2D eigenvalue weighted by Gasteiger charge is -2.30. The van der Waals surface area contributed by atoms with Crippen molar-refractivity contribution in [3.05, 3.63) is 71.8 Å². The van der Waals surface area contributed by atoms with Gasteiger partial charge in [-0.15, -0.1) is 0 Å². The van der Waals surface area contributed by atoms with E-state index in [4.69, 9.17) is 4.74 Å². The number of ether oxygens (including phenoxy) is 1. The molecule has 0 radical (unpaired) electrons. The fourth-order valence-electron chi connectivity index (χ4n) is 4.43. The molecule has 0 saturated heterocycles. The Bertz CT molecular complexity index is 1130. The molecule has 3 N–H and O–H groups in total. The molecule has 2 rings (SSSR count). The largest absolute Gasteiger partial charge is 0.480 e. The highest BCUT2D eigenvalue weighted by molar-refractivity contribution is 5.91. The normalized spacial score (nSPS) is 13.5. The molecule has 0 spiro atoms. The summed E-state index contributed by atoms with van der Waals surface area (Å²) in [7, 11) is 0. The van der Waals surface area contributed by atoms with Gasteiger partial charge in [0.25, 0.3) is 0 Å². The minimum atomic E-state index is -1.14. The Hall–Kier alpha value is -3.88. The number of hydrogen-bond acceptors (Lipinski definition) is 5. The molecule has 9 nitrogen and oxygen atoms in total. The molecule has 0 aliphatic rings. The van der Waals surface area contributed by atoms with Gasteiger partial charge in [0, 0.05) is 18.9 Å². The lowest BCUT2D eigenvalue weighted by molar-refractivity contribution is -0.142. The summed E-state index contributed by atoms with van der Waals surface area (Å²) < 4.78 is 5.61. The van der Waals surface area contributed by atoms with Crippen LogP contribution in [0.2, 0.25) is 0 Å². The minimum Gasteiger partial charge on any atom is -0.480 e. The molecule has 2 aromatic carbocycles. The van der Waals surface area contributed by atoms with Gasteiger partial charge in [-0.25, -0.2) is 9.59 Å². The molecule has 0 fully saturated rings. The molecule has 0 aromatic heterocycles. The maximum absolute atomic E-state index is 13.4. The van der Waals surface area contributed by atoms with E-state index < -0.39 is 41.6 Å². The van der Waals surface area contributed by atoms with Gasteiger partial charge in [-0.3, -0.25) is 14.5 Å². The maximum Gasteiger partial charge on any atom is 0.410 e. The van der Waals surface area contributed by atoms with Crippen molar-refractivity contribution < 1.29 is 29.0 Å². The number of carboxylic acid groups (broad SMARTS) is 1. The molecule has 0 aliphatic carbocycles. The topological polar surface area (TPSA) is 125 Å². The van der Waals surface area contributed by atoms with Crippen LogP contribution in [0.25, 0.3) is 0 Å². The maximum atomic E-state index is 13.4. The van der Waals surface area contributed by atoms with Gasteiger partial charge in [-0.2, -0.15) is 0 Å². The first-order valence-electron chi connectivity index (χ1n) is 14.2. The van der Waals surface area contributed by atoms with Crippen LogP contribution in [0.1, 0.15) is 71.4 Å². The van der Waals surface area contributed by atoms with E-state index in [0.717, 1.165) is 17.5 Å². The van der Waals surface area contributed by atoms with Crippen LogP contribution in [-0.2, 0) is 25.5 Å². The van der Waals surface area contributed by atoms with Crippen LogP contribution in [0.15, 0.2) is 60.7 Å². The summed E-state index contributed by atoms with van der Waals surface area (Å²) in [6, 6.07) is 16.8. The SMILES string of the molecule is CCC(CN(CC(=O)NC(Cc1ccccc1)C(=O)N[C@H](CC(C)C)C(=O)O)C(=O)OC(C)(C)C)c1ccccc1. The Labute approximate surface area is 243 Å². The van der Waals surface area contributed by atoms with E-state index in [1.54, 1.807) is 20.8 Å². The van der Waals surface area contributed by atoms with Gasteiger partial charge in [-0.05, 0) is 50.7 Å². The minimum absolute atomic E-state index is 0.0349. The van der Waals surface area contributed by atoms with E-state index in [1.165, 1.54) is 4.90 Å². The van der Waals surface area contributed by atoms with E-state index >= 15 is 0 Å². The quantitative estimate of drug-likeness (QED) is 0.302. The summed E-state index contributed by atoms with van der Waals surface area (Å²) in [5, 5.41) is 15.0. The molecule has 0 saturated carbocycles. The molecule has 41 heavy (non-hydrogen) atoms. The van der Waals surface area contributed by atoms with Crippen molar-refractivity contribution in [2.45, 2.75) is 84.4 Å². The Balaban J connectivity index is 2.27. The van der Waals surface area contributed by atoms with Gasteiger partial charge < -0.3 is 20.5 Å². The number of aliphatic carboxylic acids is 1. The molecule has 9 heteroatoms. The molecule has 224 valence electrons. The highest BCUT2D eigenvalue weighted by atomic mass is 16.6. The zero-order chi connectivity index (χ0) is 30.6. The zero-order valence-corrected chi connectivity index (χ0v) is 25.1. The van der Waals surface area contributed by atoms with Gasteiger partial charge in [0.05, 0.1) is 0 Å². The Morgan fingerprint density at radius 1 is 0.902 bits per heavy atom. The fraction of sp³-hybridized carbons (Fsp3) is 0.500. The van der Waals surface area contributed by atoms with E-state index in [0.29, 0.717) is 0 Å². The number of benzene rings is 2. The fourth-order valence-corrected chi connectivity index (χ4v) is 4.43. The number of carboxylic acids is 1. The van der Waals surface area contributed by atoms with Crippen LogP contribution in [-0.4, -0.2) is 64.7 Å². The number of amides is 3. The van der Waals surface area contributed by atoms with Crippen LogP contribution in [0.3, 0.4) is 0 Å². The first kappa shape index (κ1) is 33.3. The van der Waals surface area contributed by atoms with E-state index in [-0.39, 0.29) is 37.8 Å². The summed E-state index contributed by atoms with van der Waals surface area (Å²) in [4.78, 5) is 53.0. The molecular weight excluding hydrogens is 522 g/mol. The highest BCUT2D eigenvalue weighted by Gasteiger charge is 2.30. The number of rotatable bonds is 14. The van der Waals surface area contributed by atoms with Crippen LogP contribution in [0.4, 0.5) is 4.79 Å². The van der Waals surface area contributed by atoms with Crippen molar-refractivity contribution in [1.29, 1.82) is 0 Å². The number of carbonyl (C=O) groups excluding carboxylic acids is 3. The third-order valence-electron chi connectivity index (χ3n) is 6.45. The average molecular weight is 568 g/mol. The highest BCUT2D eigenvalue weighted by Crippen LogP contribution is 2.22. The van der Waals surface area contributed by atoms with E-state index in [2.05, 4.69) is 10.6 Å². The summed E-state index contributed by atoms with van der Waals surface area (Å²) in [6.45, 7) is 10.9. The van der Waals surface area contributed by atoms with Crippen molar-refractivity contribution in [3.8, 4) is 0 Å². The number of nitrogens with one attached hydrogen (secondary N) is 2. The molecule has 0 bridgehead atoms. The number of carbonyl (C=O) groups is 4. The Kier molecular flexibility index (Phi) is 12.8. The van der Waals surface area contributed by atoms with Crippen molar-refractivity contribution in [1.82, 2.24) is 15.5 Å². The van der Waals surface area contributed by atoms with E-state index in [1.807, 2.05) is 81.4 Å². The van der Waals surface area contributed by atoms with Crippen LogP contribution >= 0.6 is 0 Å². The van der Waals surface area contributed by atoms with Gasteiger partial charge >= 0.3 is 12.1 Å². The summed E-state index contributed by atoms with van der Waals surface area (Å²) in [5.41, 5.74) is 1.07. The Morgan fingerprint density at radius 2 is 1.49 bits per heavy atom. The second kappa shape index (κ2) is 15.8. The predicted molar refractivity (Wildman–Crippen MR) is 158 cm³/mol. The van der Waals surface area contributed by atoms with Crippen molar-refractivity contribution in [3.63, 3.8) is 0 Å². The molecule has 0 aliphatic heterocycles. The van der Waals surface area contributed by atoms with Crippen LogP contribution in [0.5, 0.6) is 0 Å². The van der Waals surface area contributed by atoms with Gasteiger partial charge in [0.1, 0.15) is 24.2 Å². The zero-order valence-electron chi connectivity index (χ0n) is 25.1. The number of hydrogen-bond donors (Lipinski definition) is 3. The van der Waals surface area contributed by atoms with Crippen molar-refractivity contribution >= 4 is 23.9 Å². The molecule has 2 aromatic rings. The van der Waals surface area contributed by atoms with Crippen LogP contribution < -0.4 is 10.6 Å². The van der Waals surface area contributed by atoms with Gasteiger partial charge in [0.2, 0.25) is 11.8 Å². The smallest absolute Gasteiger partial charge is 0.410 e. The lowest BCUT2D eigenvalue weighted by Crippen LogP contribution is -2.54. The van der Waals surface area contributed by atoms with Gasteiger partial charge in [0.15, 0.2) is 0 Å². The monoisotopic (exact) mass is 567 g/mol. The van der Waals surface area contributed by atoms with E-state index in [9.17, 15) is 24.3 Å². The summed E-state index contributed by atoms with van der Waals surface area (Å²) in [5.74, 6) is -2.29. The summed E-state index contributed by atoms with van der Waals surface area (Å²) >= 11 is 0. The second-order valence-electron chi connectivity index (χ2n) is 11.7. The van der Waals surface area contributed by atoms with Crippen molar-refractivity contribution in [2.75, 3.05) is 13.1 Å². The van der Waals surface area contributed by atoms with Crippen LogP contribution in [0, 0.1) is 5.92 Å². The first-order valence-corrected chi connectivity index (χ1v) is 14.2. The van der Waals surface area contributed by atoms with Crippen molar-refractivity contribution in [2.24, 2.45) is 5.92 Å². The average Bonchev–Trinajstić information content (AvgIpc) is 2.90. The van der Waals surface area contributed by atoms with Gasteiger partial charge in [-0.1, -0.05) is 81.4 Å². The molecule has 3 amide bonds. The molecular formula is C32H45N3O6. The third-order valence-corrected chi connectivity index (χ3v) is 6.45. The number of nitrogens with zero attached hydrogens (tertiary/aromatic N) is 1. The molecule has 0 heterocycles. The standard InChI is InChI=1S/C32H45N3O6/c1-7-24(25-16-12-9-13-17-25)20-35(31(40)41-32(4,5)6)21-28(36)33-26(19-23-14-10-8-11-15-23)29(37)34-27(30(38)39)18-22(2)3/h8-17,22,24,26-27H,7,18-21H2,1-6H3,(H,33,36)(H,34,37)(H,38,39)/t24?,26?,27-/m1/s1.